The molecule has 1 N–H and O–H groups in total. The summed E-state index contributed by atoms with van der Waals surface area (Å²) in [4.78, 5) is 24.0. The van der Waals surface area contributed by atoms with Crippen molar-refractivity contribution < 1.29 is 19.1 Å². The van der Waals surface area contributed by atoms with Gasteiger partial charge in [0.25, 0.3) is 5.91 Å². The van der Waals surface area contributed by atoms with Crippen molar-refractivity contribution in [2.45, 2.75) is 19.8 Å². The molecule has 2 aromatic rings. The zero-order valence-electron chi connectivity index (χ0n) is 14.5. The number of benzene rings is 2. The second-order valence-electron chi connectivity index (χ2n) is 5.62. The molecule has 1 atom stereocenters. The van der Waals surface area contributed by atoms with E-state index < -0.39 is 5.97 Å². The van der Waals surface area contributed by atoms with Gasteiger partial charge in [-0.3, -0.25) is 4.79 Å². The molecule has 5 heteroatoms. The first-order valence-electron chi connectivity index (χ1n) is 8.32. The molecular formula is C20H23NO4. The molecule has 0 bridgehead atoms. The van der Waals surface area contributed by atoms with Crippen LogP contribution >= 0.6 is 0 Å². The highest BCUT2D eigenvalue weighted by atomic mass is 16.5. The van der Waals surface area contributed by atoms with Crippen molar-refractivity contribution in [1.29, 1.82) is 0 Å². The molecule has 2 rings (SSSR count). The lowest BCUT2D eigenvalue weighted by atomic mass is 10.0. The first-order valence-corrected chi connectivity index (χ1v) is 8.32. The molecule has 0 spiro atoms. The van der Waals surface area contributed by atoms with E-state index in [1.165, 1.54) is 0 Å². The van der Waals surface area contributed by atoms with E-state index in [4.69, 9.17) is 9.47 Å². The number of hydrogen-bond donors (Lipinski definition) is 1. The molecule has 0 aliphatic heterocycles. The summed E-state index contributed by atoms with van der Waals surface area (Å²) in [6.07, 6.45) is 0. The molecule has 5 nitrogen and oxygen atoms in total. The summed E-state index contributed by atoms with van der Waals surface area (Å²) >= 11 is 0. The highest BCUT2D eigenvalue weighted by molar-refractivity contribution is 5.93. The van der Waals surface area contributed by atoms with Gasteiger partial charge in [0.1, 0.15) is 11.3 Å². The summed E-state index contributed by atoms with van der Waals surface area (Å²) in [7, 11) is 0. The van der Waals surface area contributed by atoms with Gasteiger partial charge >= 0.3 is 5.97 Å². The van der Waals surface area contributed by atoms with Crippen LogP contribution in [0.3, 0.4) is 0 Å². The monoisotopic (exact) mass is 341 g/mol. The largest absolute Gasteiger partial charge is 0.493 e. The Labute approximate surface area is 148 Å². The Bertz CT molecular complexity index is 700. The van der Waals surface area contributed by atoms with Crippen molar-refractivity contribution in [3.8, 4) is 5.75 Å². The van der Waals surface area contributed by atoms with Crippen molar-refractivity contribution >= 4 is 11.9 Å². The van der Waals surface area contributed by atoms with E-state index >= 15 is 0 Å². The van der Waals surface area contributed by atoms with E-state index in [0.29, 0.717) is 24.5 Å². The average molecular weight is 341 g/mol. The minimum absolute atomic E-state index is 0.180. The van der Waals surface area contributed by atoms with Gasteiger partial charge in [-0.25, -0.2) is 4.79 Å². The van der Waals surface area contributed by atoms with E-state index in [1.54, 1.807) is 24.3 Å². The number of para-hydroxylation sites is 1. The maximum Gasteiger partial charge on any atom is 0.342 e. The molecule has 1 amide bonds. The second kappa shape index (κ2) is 9.47. The minimum Gasteiger partial charge on any atom is -0.493 e. The van der Waals surface area contributed by atoms with Gasteiger partial charge in [0, 0.05) is 6.54 Å². The van der Waals surface area contributed by atoms with Gasteiger partial charge in [0.05, 0.1) is 6.61 Å². The Hall–Kier alpha value is -2.82. The fourth-order valence-electron chi connectivity index (χ4n) is 2.34. The summed E-state index contributed by atoms with van der Waals surface area (Å²) in [5.74, 6) is -0.270. The molecule has 2 aromatic carbocycles. The predicted octanol–water partition coefficient (Wildman–Crippen LogP) is 3.16. The van der Waals surface area contributed by atoms with Crippen molar-refractivity contribution in [1.82, 2.24) is 5.32 Å². The molecule has 0 aromatic heterocycles. The van der Waals surface area contributed by atoms with Gasteiger partial charge in [0.2, 0.25) is 0 Å². The SMILES string of the molecule is CCOc1ccccc1C(=O)OCC(=O)NC[C@@H](C)c1ccccc1. The topological polar surface area (TPSA) is 64.6 Å². The fraction of sp³-hybridized carbons (Fsp3) is 0.300. The molecule has 0 fully saturated rings. The molecule has 0 saturated carbocycles. The maximum absolute atomic E-state index is 12.1. The van der Waals surface area contributed by atoms with Gasteiger partial charge in [-0.15, -0.1) is 0 Å². The van der Waals surface area contributed by atoms with Crippen LogP contribution in [0.15, 0.2) is 54.6 Å². The van der Waals surface area contributed by atoms with Crippen LogP contribution in [0, 0.1) is 0 Å². The fourth-order valence-corrected chi connectivity index (χ4v) is 2.34. The average Bonchev–Trinajstić information content (AvgIpc) is 2.65. The van der Waals surface area contributed by atoms with Crippen molar-refractivity contribution in [2.75, 3.05) is 19.8 Å². The molecule has 0 aliphatic carbocycles. The third-order valence-corrected chi connectivity index (χ3v) is 3.72. The van der Waals surface area contributed by atoms with E-state index in [9.17, 15) is 9.59 Å². The van der Waals surface area contributed by atoms with Gasteiger partial charge in [-0.2, -0.15) is 0 Å². The number of carbonyl (C=O) groups excluding carboxylic acids is 2. The number of hydrogen-bond acceptors (Lipinski definition) is 4. The Morgan fingerprint density at radius 3 is 2.44 bits per heavy atom. The van der Waals surface area contributed by atoms with Crippen LogP contribution in [0.4, 0.5) is 0 Å². The van der Waals surface area contributed by atoms with Crippen LogP contribution in [0.25, 0.3) is 0 Å². The number of ether oxygens (including phenoxy) is 2. The van der Waals surface area contributed by atoms with Crippen LogP contribution in [0.1, 0.15) is 35.7 Å². The molecular weight excluding hydrogens is 318 g/mol. The molecule has 0 radical (unpaired) electrons. The van der Waals surface area contributed by atoms with Gasteiger partial charge in [0.15, 0.2) is 6.61 Å². The van der Waals surface area contributed by atoms with Crippen LogP contribution < -0.4 is 10.1 Å². The van der Waals surface area contributed by atoms with Crippen molar-refractivity contribution in [3.05, 3.63) is 65.7 Å². The van der Waals surface area contributed by atoms with E-state index in [2.05, 4.69) is 5.32 Å². The third-order valence-electron chi connectivity index (χ3n) is 3.72. The summed E-state index contributed by atoms with van der Waals surface area (Å²) in [6, 6.07) is 16.7. The summed E-state index contributed by atoms with van der Waals surface area (Å²) < 4.78 is 10.5. The van der Waals surface area contributed by atoms with Crippen LogP contribution in [0.2, 0.25) is 0 Å². The molecule has 25 heavy (non-hydrogen) atoms. The highest BCUT2D eigenvalue weighted by Crippen LogP contribution is 2.18. The summed E-state index contributed by atoms with van der Waals surface area (Å²) in [6.45, 7) is 4.47. The quantitative estimate of drug-likeness (QED) is 0.749. The second-order valence-corrected chi connectivity index (χ2v) is 5.62. The number of amides is 1. The maximum atomic E-state index is 12.1. The normalized spacial score (nSPS) is 11.4. The van der Waals surface area contributed by atoms with Gasteiger partial charge in [-0.05, 0) is 30.5 Å². The van der Waals surface area contributed by atoms with Crippen molar-refractivity contribution in [2.24, 2.45) is 0 Å². The molecule has 0 unspecified atom stereocenters. The standard InChI is InChI=1S/C20H23NO4/c1-3-24-18-12-8-7-11-17(18)20(23)25-14-19(22)21-13-15(2)16-9-5-4-6-10-16/h4-12,15H,3,13-14H2,1-2H3,(H,21,22)/t15-/m1/s1. The number of rotatable bonds is 8. The molecule has 0 aliphatic rings. The zero-order valence-corrected chi connectivity index (χ0v) is 14.5. The predicted molar refractivity (Wildman–Crippen MR) is 95.8 cm³/mol. The Balaban J connectivity index is 1.81. The lowest BCUT2D eigenvalue weighted by molar-refractivity contribution is -0.124. The van der Waals surface area contributed by atoms with Gasteiger partial charge in [-0.1, -0.05) is 49.4 Å². The smallest absolute Gasteiger partial charge is 0.342 e. The molecule has 0 saturated heterocycles. The van der Waals surface area contributed by atoms with E-state index in [0.717, 1.165) is 5.56 Å². The first kappa shape index (κ1) is 18.5. The highest BCUT2D eigenvalue weighted by Gasteiger charge is 2.15. The van der Waals surface area contributed by atoms with Crippen LogP contribution in [-0.4, -0.2) is 31.6 Å². The van der Waals surface area contributed by atoms with Gasteiger partial charge < -0.3 is 14.8 Å². The zero-order chi connectivity index (χ0) is 18.1. The molecule has 132 valence electrons. The van der Waals surface area contributed by atoms with Crippen molar-refractivity contribution in [3.63, 3.8) is 0 Å². The number of esters is 1. The third kappa shape index (κ3) is 5.64. The van der Waals surface area contributed by atoms with Crippen LogP contribution in [-0.2, 0) is 9.53 Å². The summed E-state index contributed by atoms with van der Waals surface area (Å²) in [5, 5.41) is 2.78. The van der Waals surface area contributed by atoms with E-state index in [-0.39, 0.29) is 18.4 Å². The Morgan fingerprint density at radius 1 is 1.04 bits per heavy atom. The number of carbonyl (C=O) groups is 2. The van der Waals surface area contributed by atoms with Crippen LogP contribution in [0.5, 0.6) is 5.75 Å². The minimum atomic E-state index is -0.574. The Morgan fingerprint density at radius 2 is 1.72 bits per heavy atom. The Kier molecular flexibility index (Phi) is 7.01. The lowest BCUT2D eigenvalue weighted by Crippen LogP contribution is -2.31. The lowest BCUT2D eigenvalue weighted by Gasteiger charge is -2.13. The van der Waals surface area contributed by atoms with E-state index in [1.807, 2.05) is 44.2 Å². The summed E-state index contributed by atoms with van der Waals surface area (Å²) in [5.41, 5.74) is 1.46. The molecule has 0 heterocycles. The first-order chi connectivity index (χ1) is 12.1. The number of nitrogens with one attached hydrogen (secondary N) is 1.